The lowest BCUT2D eigenvalue weighted by Gasteiger charge is -2.13. The number of aryl methyl sites for hydroxylation is 1. The predicted octanol–water partition coefficient (Wildman–Crippen LogP) is 3.16. The van der Waals surface area contributed by atoms with E-state index in [1.165, 1.54) is 6.07 Å². The maximum Gasteiger partial charge on any atom is 0.251 e. The molecule has 0 aliphatic carbocycles. The number of aliphatic hydroxyl groups excluding tert-OH is 1. The summed E-state index contributed by atoms with van der Waals surface area (Å²) in [5.74, 6) is -0.1000. The lowest BCUT2D eigenvalue weighted by atomic mass is 10.1. The molecule has 2 aromatic rings. The van der Waals surface area contributed by atoms with Crippen molar-refractivity contribution in [2.75, 3.05) is 26.2 Å². The number of aliphatic hydroxyl groups is 1. The number of nitrogens with one attached hydrogen (secondary N) is 3. The normalized spacial score (nSPS) is 11.9. The maximum atomic E-state index is 13.6. The molecular formula is C22H30FIN4O2. The highest BCUT2D eigenvalue weighted by Gasteiger charge is 2.08. The third-order valence-corrected chi connectivity index (χ3v) is 4.34. The standard InChI is InChI=1S/C22H29FN4O2.HI/c1-3-24-22(26-12-11-20(28)17-7-5-4-6-8-17)27-14-13-25-21(29)18-10-9-16(2)19(23)15-18;/h4-10,15,20,28H,3,11-14H2,1-2H3,(H,25,29)(H2,24,26,27);1H. The Kier molecular flexibility index (Phi) is 12.0. The van der Waals surface area contributed by atoms with Crippen LogP contribution < -0.4 is 16.0 Å². The monoisotopic (exact) mass is 528 g/mol. The molecule has 1 amide bonds. The first-order valence-electron chi connectivity index (χ1n) is 9.80. The summed E-state index contributed by atoms with van der Waals surface area (Å²) in [5.41, 5.74) is 1.67. The molecule has 0 saturated heterocycles. The minimum atomic E-state index is -0.558. The molecule has 30 heavy (non-hydrogen) atoms. The average molecular weight is 528 g/mol. The molecule has 0 radical (unpaired) electrons. The fourth-order valence-electron chi connectivity index (χ4n) is 2.68. The molecule has 0 spiro atoms. The van der Waals surface area contributed by atoms with Gasteiger partial charge >= 0.3 is 0 Å². The molecule has 2 rings (SSSR count). The van der Waals surface area contributed by atoms with Gasteiger partial charge in [0.05, 0.1) is 6.10 Å². The van der Waals surface area contributed by atoms with Crippen LogP contribution in [-0.2, 0) is 0 Å². The van der Waals surface area contributed by atoms with Crippen molar-refractivity contribution in [3.63, 3.8) is 0 Å². The Morgan fingerprint density at radius 1 is 1.10 bits per heavy atom. The number of rotatable bonds is 9. The zero-order valence-electron chi connectivity index (χ0n) is 17.3. The molecule has 6 nitrogen and oxygen atoms in total. The summed E-state index contributed by atoms with van der Waals surface area (Å²) in [6.45, 7) is 5.60. The van der Waals surface area contributed by atoms with Crippen LogP contribution in [0, 0.1) is 12.7 Å². The SMILES string of the molecule is CCNC(=NCCC(O)c1ccccc1)NCCNC(=O)c1ccc(C)c(F)c1.I. The Labute approximate surface area is 194 Å². The number of guanidine groups is 1. The molecular weight excluding hydrogens is 498 g/mol. The third kappa shape index (κ3) is 8.66. The number of hydrogen-bond donors (Lipinski definition) is 4. The topological polar surface area (TPSA) is 85.8 Å². The van der Waals surface area contributed by atoms with Gasteiger partial charge in [-0.15, -0.1) is 24.0 Å². The van der Waals surface area contributed by atoms with E-state index in [0.29, 0.717) is 49.7 Å². The summed E-state index contributed by atoms with van der Waals surface area (Å²) in [6, 6.07) is 13.9. The molecule has 1 unspecified atom stereocenters. The molecule has 0 aromatic heterocycles. The number of hydrogen-bond acceptors (Lipinski definition) is 3. The van der Waals surface area contributed by atoms with Crippen LogP contribution in [0.25, 0.3) is 0 Å². The van der Waals surface area contributed by atoms with E-state index in [0.717, 1.165) is 5.56 Å². The Balaban J connectivity index is 0.00000450. The molecule has 164 valence electrons. The Morgan fingerprint density at radius 3 is 2.47 bits per heavy atom. The number of halogens is 2. The van der Waals surface area contributed by atoms with E-state index >= 15 is 0 Å². The van der Waals surface area contributed by atoms with E-state index < -0.39 is 11.9 Å². The molecule has 0 saturated carbocycles. The van der Waals surface area contributed by atoms with Crippen molar-refractivity contribution in [1.82, 2.24) is 16.0 Å². The second kappa shape index (κ2) is 13.9. The summed E-state index contributed by atoms with van der Waals surface area (Å²) in [5, 5.41) is 19.2. The Morgan fingerprint density at radius 2 is 1.80 bits per heavy atom. The summed E-state index contributed by atoms with van der Waals surface area (Å²) < 4.78 is 13.6. The molecule has 2 aromatic carbocycles. The van der Waals surface area contributed by atoms with E-state index in [4.69, 9.17) is 0 Å². The lowest BCUT2D eigenvalue weighted by molar-refractivity contribution is 0.0954. The van der Waals surface area contributed by atoms with E-state index in [-0.39, 0.29) is 29.9 Å². The number of benzene rings is 2. The summed E-state index contributed by atoms with van der Waals surface area (Å²) in [7, 11) is 0. The minimum absolute atomic E-state index is 0. The van der Waals surface area contributed by atoms with E-state index in [1.54, 1.807) is 19.1 Å². The van der Waals surface area contributed by atoms with Crippen molar-refractivity contribution in [3.05, 3.63) is 71.0 Å². The van der Waals surface area contributed by atoms with Crippen LogP contribution in [0.15, 0.2) is 53.5 Å². The second-order valence-electron chi connectivity index (χ2n) is 6.62. The quantitative estimate of drug-likeness (QED) is 0.174. The van der Waals surface area contributed by atoms with Crippen molar-refractivity contribution in [2.24, 2.45) is 4.99 Å². The number of carbonyl (C=O) groups excluding carboxylic acids is 1. The van der Waals surface area contributed by atoms with Crippen molar-refractivity contribution in [3.8, 4) is 0 Å². The average Bonchev–Trinajstić information content (AvgIpc) is 2.73. The highest BCUT2D eigenvalue weighted by atomic mass is 127. The van der Waals surface area contributed by atoms with Gasteiger partial charge in [-0.2, -0.15) is 0 Å². The van der Waals surface area contributed by atoms with Crippen molar-refractivity contribution < 1.29 is 14.3 Å². The van der Waals surface area contributed by atoms with E-state index in [1.807, 2.05) is 37.3 Å². The highest BCUT2D eigenvalue weighted by molar-refractivity contribution is 14.0. The van der Waals surface area contributed by atoms with Gasteiger partial charge in [-0.25, -0.2) is 4.39 Å². The highest BCUT2D eigenvalue weighted by Crippen LogP contribution is 2.15. The molecule has 4 N–H and O–H groups in total. The first kappa shape index (κ1) is 25.8. The fourth-order valence-corrected chi connectivity index (χ4v) is 2.68. The van der Waals surface area contributed by atoms with Gasteiger partial charge in [0.15, 0.2) is 5.96 Å². The third-order valence-electron chi connectivity index (χ3n) is 4.34. The van der Waals surface area contributed by atoms with Gasteiger partial charge in [0.25, 0.3) is 5.91 Å². The second-order valence-corrected chi connectivity index (χ2v) is 6.62. The Hall–Kier alpha value is -2.20. The largest absolute Gasteiger partial charge is 0.388 e. The van der Waals surface area contributed by atoms with Crippen LogP contribution in [0.2, 0.25) is 0 Å². The van der Waals surface area contributed by atoms with Crippen LogP contribution in [0.3, 0.4) is 0 Å². The molecule has 0 aliphatic heterocycles. The molecule has 0 bridgehead atoms. The zero-order valence-corrected chi connectivity index (χ0v) is 19.7. The van der Waals surface area contributed by atoms with Gasteiger partial charge in [0, 0.05) is 31.7 Å². The smallest absolute Gasteiger partial charge is 0.251 e. The van der Waals surface area contributed by atoms with E-state index in [9.17, 15) is 14.3 Å². The van der Waals surface area contributed by atoms with Gasteiger partial charge in [0.1, 0.15) is 5.82 Å². The maximum absolute atomic E-state index is 13.6. The minimum Gasteiger partial charge on any atom is -0.388 e. The van der Waals surface area contributed by atoms with Gasteiger partial charge in [-0.1, -0.05) is 36.4 Å². The van der Waals surface area contributed by atoms with E-state index in [2.05, 4.69) is 20.9 Å². The number of carbonyl (C=O) groups is 1. The van der Waals surface area contributed by atoms with Crippen LogP contribution >= 0.6 is 24.0 Å². The summed E-state index contributed by atoms with van der Waals surface area (Å²) >= 11 is 0. The molecule has 0 heterocycles. The van der Waals surface area contributed by atoms with Crippen LogP contribution in [0.1, 0.15) is 40.9 Å². The van der Waals surface area contributed by atoms with Crippen LogP contribution in [-0.4, -0.2) is 43.2 Å². The first-order valence-corrected chi connectivity index (χ1v) is 9.80. The van der Waals surface area contributed by atoms with Crippen molar-refractivity contribution in [2.45, 2.75) is 26.4 Å². The number of aliphatic imine (C=N–C) groups is 1. The fraction of sp³-hybridized carbons (Fsp3) is 0.364. The number of nitrogens with zero attached hydrogens (tertiary/aromatic N) is 1. The van der Waals surface area contributed by atoms with Gasteiger partial charge in [-0.3, -0.25) is 9.79 Å². The van der Waals surface area contributed by atoms with Crippen LogP contribution in [0.4, 0.5) is 4.39 Å². The zero-order chi connectivity index (χ0) is 21.1. The van der Waals surface area contributed by atoms with Gasteiger partial charge in [-0.05, 0) is 43.5 Å². The molecule has 8 heteroatoms. The molecule has 0 aliphatic rings. The summed E-state index contributed by atoms with van der Waals surface area (Å²) in [6.07, 6.45) is -0.0481. The van der Waals surface area contributed by atoms with Crippen LogP contribution in [0.5, 0.6) is 0 Å². The lowest BCUT2D eigenvalue weighted by Crippen LogP contribution is -2.41. The van der Waals surface area contributed by atoms with Crippen molar-refractivity contribution in [1.29, 1.82) is 0 Å². The number of amides is 1. The van der Waals surface area contributed by atoms with Gasteiger partial charge in [0.2, 0.25) is 0 Å². The summed E-state index contributed by atoms with van der Waals surface area (Å²) in [4.78, 5) is 16.5. The van der Waals surface area contributed by atoms with Crippen molar-refractivity contribution >= 4 is 35.8 Å². The van der Waals surface area contributed by atoms with Gasteiger partial charge < -0.3 is 21.1 Å². The predicted molar refractivity (Wildman–Crippen MR) is 129 cm³/mol. The first-order chi connectivity index (χ1) is 14.0. The molecule has 0 fully saturated rings. The Bertz CT molecular complexity index is 818. The molecule has 1 atom stereocenters.